The van der Waals surface area contributed by atoms with Crippen molar-refractivity contribution in [2.24, 2.45) is 0 Å². The molecule has 0 radical (unpaired) electrons. The van der Waals surface area contributed by atoms with Gasteiger partial charge in [-0.2, -0.15) is 0 Å². The number of aliphatic carboxylic acids is 1. The Hall–Kier alpha value is -2.30. The summed E-state index contributed by atoms with van der Waals surface area (Å²) in [6.07, 6.45) is 2.12. The number of anilines is 1. The van der Waals surface area contributed by atoms with Crippen LogP contribution < -0.4 is 10.1 Å². The molecule has 0 amide bonds. The Labute approximate surface area is 121 Å². The molecule has 20 heavy (non-hydrogen) atoms. The van der Waals surface area contributed by atoms with Crippen molar-refractivity contribution in [2.75, 3.05) is 12.4 Å². The first-order chi connectivity index (χ1) is 10.7. The third-order valence-electron chi connectivity index (χ3n) is 2.99. The summed E-state index contributed by atoms with van der Waals surface area (Å²) in [5.74, 6) is -0.653. The molecule has 2 aromatic rings. The van der Waals surface area contributed by atoms with Gasteiger partial charge in [-0.1, -0.05) is 6.07 Å². The number of rotatable bonds is 6. The summed E-state index contributed by atoms with van der Waals surface area (Å²) in [6, 6.07) is 6.63. The van der Waals surface area contributed by atoms with Crippen LogP contribution in [0.5, 0.6) is 5.75 Å². The molecule has 0 fully saturated rings. The van der Waals surface area contributed by atoms with Crippen LogP contribution in [-0.4, -0.2) is 29.1 Å². The van der Waals surface area contributed by atoms with Crippen LogP contribution in [0, 0.1) is 0 Å². The Morgan fingerprint density at radius 3 is 3.20 bits per heavy atom. The Balaban J connectivity index is 2.30. The van der Waals surface area contributed by atoms with Crippen molar-refractivity contribution < 1.29 is 18.8 Å². The van der Waals surface area contributed by atoms with Crippen LogP contribution in [0.4, 0.5) is 5.69 Å². The number of carboxylic acids is 1. The number of carboxylic acid groups (broad SMARTS) is 1. The minimum atomic E-state index is -2.54. The number of nitrogens with zero attached hydrogens (tertiary/aromatic N) is 1. The molecule has 0 spiro atoms. The highest BCUT2D eigenvalue weighted by Gasteiger charge is 2.10. The van der Waals surface area contributed by atoms with E-state index in [0.29, 0.717) is 17.6 Å². The van der Waals surface area contributed by atoms with Gasteiger partial charge in [-0.3, -0.25) is 9.78 Å². The molecule has 0 aliphatic rings. The van der Waals surface area contributed by atoms with Gasteiger partial charge in [0.25, 0.3) is 0 Å². The molecule has 106 valence electrons. The summed E-state index contributed by atoms with van der Waals surface area (Å²) in [4.78, 5) is 14.9. The smallest absolute Gasteiger partial charge is 0.303 e. The first-order valence-corrected chi connectivity index (χ1v) is 6.31. The first kappa shape index (κ1) is 10.5. The average molecular weight is 278 g/mol. The minimum absolute atomic E-state index is 0.0466. The molecule has 2 rings (SSSR count). The van der Waals surface area contributed by atoms with E-state index in [9.17, 15) is 4.79 Å². The molecule has 0 saturated heterocycles. The molecule has 1 aromatic heterocycles. The number of ether oxygens (including phenoxy) is 1. The summed E-state index contributed by atoms with van der Waals surface area (Å²) in [6.45, 7) is 1.86. The van der Waals surface area contributed by atoms with Crippen molar-refractivity contribution in [1.29, 1.82) is 0 Å². The molecule has 1 atom stereocenters. The molecule has 1 unspecified atom stereocenters. The summed E-state index contributed by atoms with van der Waals surface area (Å²) >= 11 is 0. The summed E-state index contributed by atoms with van der Waals surface area (Å²) in [7, 11) is -2.54. The Morgan fingerprint density at radius 1 is 1.60 bits per heavy atom. The summed E-state index contributed by atoms with van der Waals surface area (Å²) in [5, 5.41) is 12.7. The molecule has 5 nitrogen and oxygen atoms in total. The number of pyridine rings is 1. The van der Waals surface area contributed by atoms with Gasteiger partial charge in [0.15, 0.2) is 0 Å². The van der Waals surface area contributed by atoms with Crippen molar-refractivity contribution in [3.63, 3.8) is 0 Å². The lowest BCUT2D eigenvalue weighted by Gasteiger charge is -2.16. The molecule has 0 bridgehead atoms. The van der Waals surface area contributed by atoms with E-state index in [1.54, 1.807) is 24.4 Å². The van der Waals surface area contributed by atoms with Gasteiger partial charge in [-0.05, 0) is 25.5 Å². The van der Waals surface area contributed by atoms with Gasteiger partial charge in [0, 0.05) is 30.1 Å². The minimum Gasteiger partial charge on any atom is -0.497 e. The largest absolute Gasteiger partial charge is 0.497 e. The fourth-order valence-corrected chi connectivity index (χ4v) is 2.01. The highest BCUT2D eigenvalue weighted by atomic mass is 16.5. The summed E-state index contributed by atoms with van der Waals surface area (Å²) in [5.41, 5.74) is 1.29. The number of methoxy groups -OCH3 is 1. The SMILES string of the molecule is [2H][13C]([2H])([2H])Oc1cc(NC(C)CCC(=O)O)c2ncccc2c1. The second-order valence-electron chi connectivity index (χ2n) is 4.63. The number of fused-ring (bicyclic) bond motifs is 1. The maximum atomic E-state index is 10.7. The van der Waals surface area contributed by atoms with Gasteiger partial charge in [-0.25, -0.2) is 0 Å². The standard InChI is InChI=1S/C15H18N2O3/c1-10(5-6-14(18)19)17-13-9-12(20-2)8-11-4-3-7-16-15(11)13/h3-4,7-10,17H,5-6H2,1-2H3,(H,18,19)/i2+1D3. The Morgan fingerprint density at radius 2 is 2.45 bits per heavy atom. The van der Waals surface area contributed by atoms with Gasteiger partial charge >= 0.3 is 5.97 Å². The number of hydrogen-bond donors (Lipinski definition) is 2. The molecule has 0 saturated carbocycles. The molecule has 0 aliphatic carbocycles. The second kappa shape index (κ2) is 6.23. The van der Waals surface area contributed by atoms with Crippen molar-refractivity contribution in [3.05, 3.63) is 30.5 Å². The van der Waals surface area contributed by atoms with Crippen molar-refractivity contribution >= 4 is 22.6 Å². The number of nitrogens with one attached hydrogen (secondary N) is 1. The van der Waals surface area contributed by atoms with Crippen LogP contribution in [0.2, 0.25) is 0 Å². The van der Waals surface area contributed by atoms with Gasteiger partial charge in [0.2, 0.25) is 0 Å². The topological polar surface area (TPSA) is 71.5 Å². The van der Waals surface area contributed by atoms with Crippen LogP contribution in [0.3, 0.4) is 0 Å². The Bertz CT molecular complexity index is 704. The lowest BCUT2D eigenvalue weighted by molar-refractivity contribution is -0.137. The molecular weight excluding hydrogens is 257 g/mol. The van der Waals surface area contributed by atoms with E-state index in [1.165, 1.54) is 0 Å². The fourth-order valence-electron chi connectivity index (χ4n) is 2.01. The molecule has 1 heterocycles. The van der Waals surface area contributed by atoms with Crippen LogP contribution in [0.25, 0.3) is 10.9 Å². The van der Waals surface area contributed by atoms with Crippen LogP contribution in [0.15, 0.2) is 30.5 Å². The van der Waals surface area contributed by atoms with Crippen LogP contribution in [0.1, 0.15) is 23.9 Å². The van der Waals surface area contributed by atoms with E-state index in [0.717, 1.165) is 5.39 Å². The zero-order chi connectivity index (χ0) is 17.0. The number of carbonyl (C=O) groups is 1. The number of hydrogen-bond acceptors (Lipinski definition) is 4. The zero-order valence-electron chi connectivity index (χ0n) is 14.1. The van der Waals surface area contributed by atoms with E-state index >= 15 is 0 Å². The second-order valence-corrected chi connectivity index (χ2v) is 4.63. The van der Waals surface area contributed by atoms with Gasteiger partial charge < -0.3 is 15.2 Å². The van der Waals surface area contributed by atoms with Crippen molar-refractivity contribution in [3.8, 4) is 5.75 Å². The summed E-state index contributed by atoms with van der Waals surface area (Å²) < 4.78 is 26.6. The molecule has 1 aromatic carbocycles. The maximum Gasteiger partial charge on any atom is 0.303 e. The van der Waals surface area contributed by atoms with E-state index in [-0.39, 0.29) is 18.2 Å². The maximum absolute atomic E-state index is 10.7. The average Bonchev–Trinajstić information content (AvgIpc) is 2.43. The molecule has 0 aliphatic heterocycles. The van der Waals surface area contributed by atoms with E-state index in [1.807, 2.05) is 13.0 Å². The van der Waals surface area contributed by atoms with E-state index < -0.39 is 13.0 Å². The lowest BCUT2D eigenvalue weighted by Crippen LogP contribution is -2.17. The quantitative estimate of drug-likeness (QED) is 0.795. The monoisotopic (exact) mass is 278 g/mol. The number of aromatic nitrogens is 1. The fraction of sp³-hybridized carbons (Fsp3) is 0.333. The first-order valence-electron chi connectivity index (χ1n) is 7.81. The molecule has 5 heteroatoms. The van der Waals surface area contributed by atoms with Crippen LogP contribution in [-0.2, 0) is 4.79 Å². The number of benzene rings is 1. The highest BCUT2D eigenvalue weighted by Crippen LogP contribution is 2.28. The van der Waals surface area contributed by atoms with Crippen molar-refractivity contribution in [1.82, 2.24) is 4.98 Å². The lowest BCUT2D eigenvalue weighted by atomic mass is 10.1. The zero-order valence-corrected chi connectivity index (χ0v) is 11.1. The third-order valence-corrected chi connectivity index (χ3v) is 2.99. The van der Waals surface area contributed by atoms with Gasteiger partial charge in [-0.15, -0.1) is 0 Å². The molecular formula is C15H18N2O3. The highest BCUT2D eigenvalue weighted by molar-refractivity contribution is 5.91. The normalized spacial score (nSPS) is 14.9. The predicted molar refractivity (Wildman–Crippen MR) is 78.2 cm³/mol. The van der Waals surface area contributed by atoms with E-state index in [2.05, 4.69) is 10.3 Å². The van der Waals surface area contributed by atoms with E-state index in [4.69, 9.17) is 14.0 Å². The molecule has 2 N–H and O–H groups in total. The third kappa shape index (κ3) is 3.38. The van der Waals surface area contributed by atoms with Gasteiger partial charge in [0.1, 0.15) is 5.75 Å². The Kier molecular flexibility index (Phi) is 3.27. The predicted octanol–water partition coefficient (Wildman–Crippen LogP) is 2.91. The van der Waals surface area contributed by atoms with Crippen molar-refractivity contribution in [2.45, 2.75) is 25.8 Å². The van der Waals surface area contributed by atoms with Gasteiger partial charge in [0.05, 0.1) is 22.4 Å². The van der Waals surface area contributed by atoms with Crippen LogP contribution >= 0.6 is 0 Å².